The van der Waals surface area contributed by atoms with E-state index in [1.165, 1.54) is 30.2 Å². The summed E-state index contributed by atoms with van der Waals surface area (Å²) in [6, 6.07) is 10.6. The third-order valence-corrected chi connectivity index (χ3v) is 5.85. The zero-order valence-corrected chi connectivity index (χ0v) is 21.1. The number of nitrogens with zero attached hydrogens (tertiary/aromatic N) is 3. The molecular weight excluding hydrogens is 467 g/mol. The lowest BCUT2D eigenvalue weighted by Crippen LogP contribution is -2.47. The van der Waals surface area contributed by atoms with Gasteiger partial charge in [-0.15, -0.1) is 0 Å². The summed E-state index contributed by atoms with van der Waals surface area (Å²) in [6.45, 7) is 2.70. The summed E-state index contributed by atoms with van der Waals surface area (Å²) >= 11 is 0. The molecule has 1 atom stereocenters. The van der Waals surface area contributed by atoms with E-state index in [1.54, 1.807) is 43.5 Å². The summed E-state index contributed by atoms with van der Waals surface area (Å²) in [6.07, 6.45) is 1.02. The normalized spacial score (nSPS) is 14.9. The van der Waals surface area contributed by atoms with Crippen LogP contribution in [0, 0.1) is 5.82 Å². The van der Waals surface area contributed by atoms with Crippen molar-refractivity contribution in [3.63, 3.8) is 0 Å². The number of methoxy groups -OCH3 is 3. The highest BCUT2D eigenvalue weighted by atomic mass is 19.1. The first-order valence-electron chi connectivity index (χ1n) is 11.8. The number of benzene rings is 2. The summed E-state index contributed by atoms with van der Waals surface area (Å²) in [7, 11) is 4.61. The van der Waals surface area contributed by atoms with Gasteiger partial charge < -0.3 is 24.4 Å². The molecule has 194 valence electrons. The molecule has 36 heavy (non-hydrogen) atoms. The molecule has 1 aliphatic heterocycles. The number of halogens is 1. The van der Waals surface area contributed by atoms with Gasteiger partial charge in [0.1, 0.15) is 23.9 Å². The predicted octanol–water partition coefficient (Wildman–Crippen LogP) is 3.59. The van der Waals surface area contributed by atoms with Gasteiger partial charge in [0.2, 0.25) is 0 Å². The second-order valence-electron chi connectivity index (χ2n) is 8.24. The molecular formula is C26H33FN4O5. The summed E-state index contributed by atoms with van der Waals surface area (Å²) in [5.74, 6) is 0.278. The lowest BCUT2D eigenvalue weighted by atomic mass is 9.97. The molecule has 2 aromatic carbocycles. The number of rotatable bonds is 11. The number of hydrogen-bond donors (Lipinski definition) is 1. The van der Waals surface area contributed by atoms with Crippen molar-refractivity contribution in [2.75, 3.05) is 47.6 Å². The first-order valence-corrected chi connectivity index (χ1v) is 11.8. The molecule has 0 bridgehead atoms. The fourth-order valence-electron chi connectivity index (χ4n) is 3.97. The fraction of sp³-hybridized carbons (Fsp3) is 0.423. The van der Waals surface area contributed by atoms with Gasteiger partial charge in [-0.3, -0.25) is 4.79 Å². The van der Waals surface area contributed by atoms with Crippen LogP contribution in [0.4, 0.5) is 9.18 Å². The van der Waals surface area contributed by atoms with E-state index >= 15 is 0 Å². The Morgan fingerprint density at radius 2 is 1.94 bits per heavy atom. The summed E-state index contributed by atoms with van der Waals surface area (Å²) < 4.78 is 30.7. The van der Waals surface area contributed by atoms with E-state index in [0.717, 1.165) is 6.42 Å². The molecule has 0 radical (unpaired) electrons. The number of carbonyl (C=O) groups excluding carboxylic acids is 2. The van der Waals surface area contributed by atoms with Crippen molar-refractivity contribution in [1.82, 2.24) is 15.2 Å². The van der Waals surface area contributed by atoms with E-state index < -0.39 is 17.8 Å². The molecule has 2 aromatic rings. The van der Waals surface area contributed by atoms with Gasteiger partial charge in [-0.05, 0) is 30.7 Å². The summed E-state index contributed by atoms with van der Waals surface area (Å²) in [4.78, 5) is 27.7. The number of amides is 3. The average molecular weight is 501 g/mol. The molecule has 0 saturated heterocycles. The van der Waals surface area contributed by atoms with Crippen molar-refractivity contribution in [2.24, 2.45) is 5.10 Å². The van der Waals surface area contributed by atoms with E-state index in [2.05, 4.69) is 10.4 Å². The van der Waals surface area contributed by atoms with Crippen molar-refractivity contribution in [3.05, 3.63) is 59.4 Å². The van der Waals surface area contributed by atoms with Crippen molar-refractivity contribution in [2.45, 2.75) is 25.8 Å². The van der Waals surface area contributed by atoms with Crippen LogP contribution in [-0.2, 0) is 9.53 Å². The van der Waals surface area contributed by atoms with Gasteiger partial charge in [-0.2, -0.15) is 5.10 Å². The van der Waals surface area contributed by atoms with Crippen molar-refractivity contribution in [3.8, 4) is 11.5 Å². The number of hydrogen-bond acceptors (Lipinski definition) is 6. The number of carbonyl (C=O) groups is 2. The van der Waals surface area contributed by atoms with E-state index in [0.29, 0.717) is 34.9 Å². The summed E-state index contributed by atoms with van der Waals surface area (Å²) in [5.41, 5.74) is 1.41. The zero-order chi connectivity index (χ0) is 26.1. The highest BCUT2D eigenvalue weighted by Gasteiger charge is 2.36. The zero-order valence-electron chi connectivity index (χ0n) is 21.1. The van der Waals surface area contributed by atoms with Crippen molar-refractivity contribution in [1.29, 1.82) is 0 Å². The molecule has 0 spiro atoms. The van der Waals surface area contributed by atoms with Gasteiger partial charge in [-0.1, -0.05) is 25.1 Å². The molecule has 10 heteroatoms. The van der Waals surface area contributed by atoms with Crippen LogP contribution in [0.15, 0.2) is 47.6 Å². The smallest absolute Gasteiger partial charge is 0.317 e. The molecule has 0 aliphatic carbocycles. The number of nitrogens with one attached hydrogen (secondary N) is 1. The Balaban J connectivity index is 1.98. The lowest BCUT2D eigenvalue weighted by molar-refractivity contribution is -0.133. The molecule has 3 amide bonds. The summed E-state index contributed by atoms with van der Waals surface area (Å²) in [5, 5.41) is 8.64. The third kappa shape index (κ3) is 6.31. The molecule has 1 unspecified atom stereocenters. The van der Waals surface area contributed by atoms with Crippen LogP contribution in [0.2, 0.25) is 0 Å². The van der Waals surface area contributed by atoms with E-state index in [9.17, 15) is 14.0 Å². The van der Waals surface area contributed by atoms with Gasteiger partial charge >= 0.3 is 6.03 Å². The number of hydrazone groups is 1. The second-order valence-corrected chi connectivity index (χ2v) is 8.24. The third-order valence-electron chi connectivity index (χ3n) is 5.85. The number of urea groups is 1. The van der Waals surface area contributed by atoms with Crippen LogP contribution in [-0.4, -0.2) is 75.1 Å². The maximum Gasteiger partial charge on any atom is 0.317 e. The maximum atomic E-state index is 14.6. The lowest BCUT2D eigenvalue weighted by Gasteiger charge is -2.27. The van der Waals surface area contributed by atoms with Crippen molar-refractivity contribution < 1.29 is 28.2 Å². The van der Waals surface area contributed by atoms with Crippen LogP contribution in [0.25, 0.3) is 0 Å². The first kappa shape index (κ1) is 26.9. The molecule has 3 rings (SSSR count). The quantitative estimate of drug-likeness (QED) is 0.509. The fourth-order valence-corrected chi connectivity index (χ4v) is 3.97. The van der Waals surface area contributed by atoms with Crippen LogP contribution in [0.1, 0.15) is 36.9 Å². The Kier molecular flexibility index (Phi) is 9.63. The Bertz CT molecular complexity index is 1090. The SMILES string of the molecule is CCCNC(=O)N(CCOC)CC(=O)N1N=C(c2ccccc2F)CC1c1cc(OC)ccc1OC. The Labute approximate surface area is 210 Å². The van der Waals surface area contributed by atoms with Gasteiger partial charge in [0.25, 0.3) is 5.91 Å². The maximum absolute atomic E-state index is 14.6. The Morgan fingerprint density at radius 3 is 2.61 bits per heavy atom. The van der Waals surface area contributed by atoms with Crippen LogP contribution < -0.4 is 14.8 Å². The minimum absolute atomic E-state index is 0.225. The molecule has 1 heterocycles. The topological polar surface area (TPSA) is 92.7 Å². The van der Waals surface area contributed by atoms with E-state index in [4.69, 9.17) is 14.2 Å². The van der Waals surface area contributed by atoms with Gasteiger partial charge in [0, 0.05) is 37.7 Å². The molecule has 0 saturated carbocycles. The highest BCUT2D eigenvalue weighted by Crippen LogP contribution is 2.39. The predicted molar refractivity (Wildman–Crippen MR) is 134 cm³/mol. The standard InChI is InChI=1S/C26H33FN4O5/c1-5-12-28-26(33)30(13-14-34-2)17-25(32)31-23(20-15-18(35-3)10-11-24(20)36-4)16-22(29-31)19-8-6-7-9-21(19)27/h6-11,15,23H,5,12-14,16-17H2,1-4H3,(H,28,33). The van der Waals surface area contributed by atoms with E-state index in [-0.39, 0.29) is 32.1 Å². The highest BCUT2D eigenvalue weighted by molar-refractivity contribution is 6.03. The largest absolute Gasteiger partial charge is 0.497 e. The van der Waals surface area contributed by atoms with Crippen LogP contribution in [0.3, 0.4) is 0 Å². The number of ether oxygens (including phenoxy) is 3. The van der Waals surface area contributed by atoms with Gasteiger partial charge in [0.15, 0.2) is 0 Å². The minimum Gasteiger partial charge on any atom is -0.497 e. The van der Waals surface area contributed by atoms with Crippen molar-refractivity contribution >= 4 is 17.6 Å². The average Bonchev–Trinajstić information content (AvgIpc) is 3.34. The minimum atomic E-state index is -0.583. The van der Waals surface area contributed by atoms with Crippen LogP contribution in [0.5, 0.6) is 11.5 Å². The molecule has 9 nitrogen and oxygen atoms in total. The monoisotopic (exact) mass is 500 g/mol. The molecule has 1 N–H and O–H groups in total. The second kappa shape index (κ2) is 12.9. The Hall–Kier alpha value is -3.66. The molecule has 0 fully saturated rings. The molecule has 0 aromatic heterocycles. The van der Waals surface area contributed by atoms with Crippen LogP contribution >= 0.6 is 0 Å². The van der Waals surface area contributed by atoms with Gasteiger partial charge in [0.05, 0.1) is 32.6 Å². The van der Waals surface area contributed by atoms with Gasteiger partial charge in [-0.25, -0.2) is 14.2 Å². The van der Waals surface area contributed by atoms with E-state index in [1.807, 2.05) is 6.92 Å². The molecule has 1 aliphatic rings. The Morgan fingerprint density at radius 1 is 1.17 bits per heavy atom. The first-order chi connectivity index (χ1) is 17.4.